The monoisotopic (exact) mass is 364 g/mol. The zero-order valence-corrected chi connectivity index (χ0v) is 11.8. The minimum absolute atomic E-state index is 0.0623. The number of nitrogen functional groups attached to an aromatic ring is 2. The second-order valence-electron chi connectivity index (χ2n) is 3.73. The Kier molecular flexibility index (Phi) is 4.07. The van der Waals surface area contributed by atoms with Gasteiger partial charge in [0.15, 0.2) is 0 Å². The standard InChI is InChI=1S/C11H8BrF3N4O2/c12-6-3-5(1-2-7(6)21-11(13,14)15)20-9-4-8(16)18-10(17)19-9/h1-4H,(H4,16,17,18,19). The summed E-state index contributed by atoms with van der Waals surface area (Å²) in [5.41, 5.74) is 10.9. The largest absolute Gasteiger partial charge is 0.573 e. The Bertz CT molecular complexity index is 646. The third kappa shape index (κ3) is 4.38. The van der Waals surface area contributed by atoms with E-state index in [2.05, 4.69) is 30.6 Å². The summed E-state index contributed by atoms with van der Waals surface area (Å²) in [6.07, 6.45) is -4.78. The molecule has 0 amide bonds. The highest BCUT2D eigenvalue weighted by Crippen LogP contribution is 2.34. The van der Waals surface area contributed by atoms with E-state index in [9.17, 15) is 13.2 Å². The summed E-state index contributed by atoms with van der Waals surface area (Å²) >= 11 is 2.95. The molecule has 0 radical (unpaired) electrons. The van der Waals surface area contributed by atoms with Crippen molar-refractivity contribution in [3.8, 4) is 17.4 Å². The summed E-state index contributed by atoms with van der Waals surface area (Å²) in [7, 11) is 0. The molecule has 0 saturated carbocycles. The van der Waals surface area contributed by atoms with E-state index in [1.807, 2.05) is 0 Å². The van der Waals surface area contributed by atoms with Crippen molar-refractivity contribution in [3.05, 3.63) is 28.7 Å². The van der Waals surface area contributed by atoms with E-state index in [4.69, 9.17) is 16.2 Å². The number of aromatic nitrogens is 2. The van der Waals surface area contributed by atoms with E-state index in [-0.39, 0.29) is 27.9 Å². The molecule has 0 atom stereocenters. The van der Waals surface area contributed by atoms with Crippen LogP contribution in [0.15, 0.2) is 28.7 Å². The second kappa shape index (κ2) is 5.64. The van der Waals surface area contributed by atoms with Crippen molar-refractivity contribution in [2.24, 2.45) is 0 Å². The number of benzene rings is 1. The number of ether oxygens (including phenoxy) is 2. The Morgan fingerprint density at radius 3 is 2.38 bits per heavy atom. The molecule has 6 nitrogen and oxygen atoms in total. The van der Waals surface area contributed by atoms with Crippen LogP contribution in [-0.2, 0) is 0 Å². The van der Waals surface area contributed by atoms with E-state index in [0.29, 0.717) is 0 Å². The van der Waals surface area contributed by atoms with Crippen molar-refractivity contribution in [2.75, 3.05) is 11.5 Å². The van der Waals surface area contributed by atoms with Gasteiger partial charge in [-0.25, -0.2) is 0 Å². The molecule has 0 aliphatic carbocycles. The van der Waals surface area contributed by atoms with Crippen LogP contribution >= 0.6 is 15.9 Å². The van der Waals surface area contributed by atoms with E-state index in [1.165, 1.54) is 18.2 Å². The van der Waals surface area contributed by atoms with Gasteiger partial charge in [0.1, 0.15) is 17.3 Å². The Morgan fingerprint density at radius 1 is 1.10 bits per heavy atom. The summed E-state index contributed by atoms with van der Waals surface area (Å²) in [5.74, 6) is -0.0865. The zero-order chi connectivity index (χ0) is 15.6. The molecular formula is C11H8BrF3N4O2. The minimum atomic E-state index is -4.78. The first-order chi connectivity index (χ1) is 9.73. The van der Waals surface area contributed by atoms with Gasteiger partial charge >= 0.3 is 6.36 Å². The van der Waals surface area contributed by atoms with Crippen molar-refractivity contribution < 1.29 is 22.6 Å². The molecule has 2 rings (SSSR count). The lowest BCUT2D eigenvalue weighted by Crippen LogP contribution is -2.17. The SMILES string of the molecule is Nc1cc(Oc2ccc(OC(F)(F)F)c(Br)c2)nc(N)n1. The maximum atomic E-state index is 12.1. The third-order valence-electron chi connectivity index (χ3n) is 2.09. The second-order valence-corrected chi connectivity index (χ2v) is 4.59. The summed E-state index contributed by atoms with van der Waals surface area (Å²) < 4.78 is 45.6. The van der Waals surface area contributed by atoms with Crippen LogP contribution in [0.1, 0.15) is 0 Å². The summed E-state index contributed by atoms with van der Waals surface area (Å²) in [5, 5.41) is 0. The van der Waals surface area contributed by atoms with Crippen LogP contribution in [-0.4, -0.2) is 16.3 Å². The first kappa shape index (κ1) is 15.2. The van der Waals surface area contributed by atoms with Crippen LogP contribution < -0.4 is 20.9 Å². The van der Waals surface area contributed by atoms with Gasteiger partial charge in [-0.3, -0.25) is 0 Å². The van der Waals surface area contributed by atoms with Crippen LogP contribution in [0.2, 0.25) is 0 Å². The van der Waals surface area contributed by atoms with Crippen molar-refractivity contribution in [1.82, 2.24) is 9.97 Å². The molecule has 0 fully saturated rings. The zero-order valence-electron chi connectivity index (χ0n) is 10.2. The van der Waals surface area contributed by atoms with Gasteiger partial charge in [-0.2, -0.15) is 9.97 Å². The molecule has 0 unspecified atom stereocenters. The molecule has 1 aromatic heterocycles. The van der Waals surface area contributed by atoms with Crippen molar-refractivity contribution in [3.63, 3.8) is 0 Å². The summed E-state index contributed by atoms with van der Waals surface area (Å²) in [6.45, 7) is 0. The minimum Gasteiger partial charge on any atom is -0.439 e. The quantitative estimate of drug-likeness (QED) is 0.868. The summed E-state index contributed by atoms with van der Waals surface area (Å²) in [6, 6.07) is 4.99. The van der Waals surface area contributed by atoms with E-state index >= 15 is 0 Å². The first-order valence-electron chi connectivity index (χ1n) is 5.36. The number of halogens is 4. The molecule has 2 aromatic rings. The van der Waals surface area contributed by atoms with Crippen LogP contribution in [0, 0.1) is 0 Å². The highest BCUT2D eigenvalue weighted by molar-refractivity contribution is 9.10. The highest BCUT2D eigenvalue weighted by Gasteiger charge is 2.32. The van der Waals surface area contributed by atoms with Crippen LogP contribution in [0.3, 0.4) is 0 Å². The number of nitrogens with zero attached hydrogens (tertiary/aromatic N) is 2. The van der Waals surface area contributed by atoms with Crippen LogP contribution in [0.25, 0.3) is 0 Å². The smallest absolute Gasteiger partial charge is 0.439 e. The maximum absolute atomic E-state index is 12.1. The molecule has 0 bridgehead atoms. The van der Waals surface area contributed by atoms with Gasteiger partial charge in [-0.05, 0) is 34.1 Å². The molecule has 10 heteroatoms. The lowest BCUT2D eigenvalue weighted by atomic mass is 10.3. The van der Waals surface area contributed by atoms with Crippen LogP contribution in [0.5, 0.6) is 17.4 Å². The Hall–Kier alpha value is -2.23. The Morgan fingerprint density at radius 2 is 1.81 bits per heavy atom. The number of hydrogen-bond donors (Lipinski definition) is 2. The summed E-state index contributed by atoms with van der Waals surface area (Å²) in [4.78, 5) is 7.44. The molecule has 0 spiro atoms. The average Bonchev–Trinajstić information content (AvgIpc) is 2.30. The van der Waals surface area contributed by atoms with Gasteiger partial charge in [0.25, 0.3) is 0 Å². The van der Waals surface area contributed by atoms with Crippen molar-refractivity contribution >= 4 is 27.7 Å². The lowest BCUT2D eigenvalue weighted by molar-refractivity contribution is -0.274. The topological polar surface area (TPSA) is 96.3 Å². The van der Waals surface area contributed by atoms with Crippen LogP contribution in [0.4, 0.5) is 24.9 Å². The number of alkyl halides is 3. The van der Waals surface area contributed by atoms with Gasteiger partial charge in [0.2, 0.25) is 11.8 Å². The number of hydrogen-bond acceptors (Lipinski definition) is 6. The lowest BCUT2D eigenvalue weighted by Gasteiger charge is -2.12. The number of rotatable bonds is 3. The molecule has 1 heterocycles. The van der Waals surface area contributed by atoms with Gasteiger partial charge < -0.3 is 20.9 Å². The van der Waals surface area contributed by atoms with E-state index < -0.39 is 12.1 Å². The first-order valence-corrected chi connectivity index (χ1v) is 6.15. The van der Waals surface area contributed by atoms with Crippen molar-refractivity contribution in [1.29, 1.82) is 0 Å². The molecule has 4 N–H and O–H groups in total. The predicted octanol–water partition coefficient (Wildman–Crippen LogP) is 3.09. The molecular weight excluding hydrogens is 357 g/mol. The fraction of sp³-hybridized carbons (Fsp3) is 0.0909. The normalized spacial score (nSPS) is 11.2. The molecule has 112 valence electrons. The average molecular weight is 365 g/mol. The molecule has 1 aromatic carbocycles. The van der Waals surface area contributed by atoms with Gasteiger partial charge in [-0.15, -0.1) is 13.2 Å². The maximum Gasteiger partial charge on any atom is 0.573 e. The molecule has 0 saturated heterocycles. The Balaban J connectivity index is 2.20. The van der Waals surface area contributed by atoms with Crippen molar-refractivity contribution in [2.45, 2.75) is 6.36 Å². The molecule has 0 aliphatic rings. The van der Waals surface area contributed by atoms with E-state index in [0.717, 1.165) is 6.07 Å². The van der Waals surface area contributed by atoms with Gasteiger partial charge in [0.05, 0.1) is 4.47 Å². The highest BCUT2D eigenvalue weighted by atomic mass is 79.9. The van der Waals surface area contributed by atoms with Gasteiger partial charge in [0, 0.05) is 6.07 Å². The fourth-order valence-electron chi connectivity index (χ4n) is 1.39. The molecule has 21 heavy (non-hydrogen) atoms. The van der Waals surface area contributed by atoms with E-state index in [1.54, 1.807) is 0 Å². The number of nitrogens with two attached hydrogens (primary N) is 2. The van der Waals surface area contributed by atoms with Gasteiger partial charge in [-0.1, -0.05) is 0 Å². The fourth-order valence-corrected chi connectivity index (χ4v) is 1.83. The number of anilines is 2. The predicted molar refractivity (Wildman–Crippen MR) is 71.8 cm³/mol. The third-order valence-corrected chi connectivity index (χ3v) is 2.71. The molecule has 0 aliphatic heterocycles. The Labute approximate surface area is 125 Å².